The van der Waals surface area contributed by atoms with Crippen LogP contribution in [-0.2, 0) is 38.0 Å². The molecule has 0 fully saturated rings. The molecule has 206 valence electrons. The standard InChI is InChI=1S/C13H13NO6.C12H22O5/c1-9(2)12(15)19-7-8-20-13(16)10-3-5-11(6-4-10)14(17)18;1-11(2)12(13)17-6-4-5-15-9-10-16-8-7-14-3/h3-6H,1,7-8H2,2H3;1,4-10H2,2-3H3. The third-order valence-corrected chi connectivity index (χ3v) is 4.03. The minimum absolute atomic E-state index is 0.0790. The molecule has 0 aliphatic rings. The number of esters is 3. The van der Waals surface area contributed by atoms with Gasteiger partial charge in [0.1, 0.15) is 13.2 Å². The van der Waals surface area contributed by atoms with Crippen LogP contribution in [0.5, 0.6) is 0 Å². The SMILES string of the molecule is C=C(C)C(=O)OCCCOCCOCCOC.C=C(C)C(=O)OCCOC(=O)c1ccc([N+](=O)[O-])cc1. The van der Waals surface area contributed by atoms with E-state index in [1.54, 1.807) is 14.0 Å². The van der Waals surface area contributed by atoms with Crippen LogP contribution in [0.4, 0.5) is 5.69 Å². The molecule has 0 N–H and O–H groups in total. The van der Waals surface area contributed by atoms with Crippen molar-refractivity contribution in [1.82, 2.24) is 0 Å². The number of methoxy groups -OCH3 is 1. The average molecular weight is 526 g/mol. The first-order valence-electron chi connectivity index (χ1n) is 11.3. The van der Waals surface area contributed by atoms with Gasteiger partial charge in [-0.2, -0.15) is 0 Å². The summed E-state index contributed by atoms with van der Waals surface area (Å²) in [6.45, 7) is 13.0. The van der Waals surface area contributed by atoms with E-state index >= 15 is 0 Å². The lowest BCUT2D eigenvalue weighted by Crippen LogP contribution is -2.14. The Morgan fingerprint density at radius 2 is 1.24 bits per heavy atom. The van der Waals surface area contributed by atoms with Gasteiger partial charge in [0, 0.05) is 43.4 Å². The predicted molar refractivity (Wildman–Crippen MR) is 133 cm³/mol. The molecule has 12 nitrogen and oxygen atoms in total. The van der Waals surface area contributed by atoms with E-state index in [4.69, 9.17) is 28.4 Å². The van der Waals surface area contributed by atoms with E-state index in [1.807, 2.05) is 0 Å². The molecular weight excluding hydrogens is 490 g/mol. The largest absolute Gasteiger partial charge is 0.462 e. The van der Waals surface area contributed by atoms with E-state index in [0.29, 0.717) is 51.6 Å². The zero-order chi connectivity index (χ0) is 28.1. The quantitative estimate of drug-likeness (QED) is 0.0737. The van der Waals surface area contributed by atoms with Crippen LogP contribution in [0.2, 0.25) is 0 Å². The van der Waals surface area contributed by atoms with Gasteiger partial charge in [-0.05, 0) is 26.0 Å². The Morgan fingerprint density at radius 1 is 0.757 bits per heavy atom. The molecule has 0 aliphatic heterocycles. The maximum absolute atomic E-state index is 11.6. The fraction of sp³-hybridized carbons (Fsp3) is 0.480. The van der Waals surface area contributed by atoms with Crippen molar-refractivity contribution < 1.29 is 47.7 Å². The van der Waals surface area contributed by atoms with Crippen LogP contribution in [0.25, 0.3) is 0 Å². The summed E-state index contributed by atoms with van der Waals surface area (Å²) in [5.74, 6) is -1.56. The van der Waals surface area contributed by atoms with Gasteiger partial charge in [0.15, 0.2) is 0 Å². The number of nitrogens with zero attached hydrogens (tertiary/aromatic N) is 1. The van der Waals surface area contributed by atoms with Gasteiger partial charge in [-0.15, -0.1) is 0 Å². The van der Waals surface area contributed by atoms with E-state index in [0.717, 1.165) is 0 Å². The molecule has 1 aromatic carbocycles. The average Bonchev–Trinajstić information content (AvgIpc) is 2.87. The summed E-state index contributed by atoms with van der Waals surface area (Å²) < 4.78 is 29.8. The molecule has 0 bridgehead atoms. The molecule has 1 aromatic rings. The smallest absolute Gasteiger partial charge is 0.338 e. The van der Waals surface area contributed by atoms with Gasteiger partial charge in [-0.3, -0.25) is 10.1 Å². The molecule has 1 rings (SSSR count). The van der Waals surface area contributed by atoms with E-state index in [-0.39, 0.29) is 36.0 Å². The van der Waals surface area contributed by atoms with Crippen molar-refractivity contribution in [2.75, 3.05) is 60.0 Å². The molecule has 0 amide bonds. The second-order valence-electron chi connectivity index (χ2n) is 7.34. The fourth-order valence-corrected chi connectivity index (χ4v) is 2.11. The third-order valence-electron chi connectivity index (χ3n) is 4.03. The van der Waals surface area contributed by atoms with Crippen molar-refractivity contribution in [1.29, 1.82) is 0 Å². The van der Waals surface area contributed by atoms with Gasteiger partial charge in [0.2, 0.25) is 0 Å². The molecule has 0 saturated carbocycles. The summed E-state index contributed by atoms with van der Waals surface area (Å²) in [7, 11) is 1.63. The molecule has 0 aromatic heterocycles. The van der Waals surface area contributed by atoms with Crippen LogP contribution in [0.15, 0.2) is 48.6 Å². The minimum atomic E-state index is -0.647. The van der Waals surface area contributed by atoms with E-state index in [9.17, 15) is 24.5 Å². The van der Waals surface area contributed by atoms with Crippen LogP contribution in [0.1, 0.15) is 30.6 Å². The molecular formula is C25H35NO11. The topological polar surface area (TPSA) is 150 Å². The van der Waals surface area contributed by atoms with Gasteiger partial charge in [-0.1, -0.05) is 13.2 Å². The minimum Gasteiger partial charge on any atom is -0.462 e. The summed E-state index contributed by atoms with van der Waals surface area (Å²) in [5, 5.41) is 10.4. The highest BCUT2D eigenvalue weighted by Gasteiger charge is 2.11. The molecule has 0 atom stereocenters. The highest BCUT2D eigenvalue weighted by Crippen LogP contribution is 2.12. The molecule has 12 heteroatoms. The second-order valence-corrected chi connectivity index (χ2v) is 7.34. The number of non-ortho nitro benzene ring substituents is 1. The van der Waals surface area contributed by atoms with Gasteiger partial charge in [0.25, 0.3) is 5.69 Å². The molecule has 0 unspecified atom stereocenters. The molecule has 0 saturated heterocycles. The summed E-state index contributed by atoms with van der Waals surface area (Å²) >= 11 is 0. The van der Waals surface area contributed by atoms with E-state index in [1.165, 1.54) is 31.2 Å². The van der Waals surface area contributed by atoms with Crippen molar-refractivity contribution in [3.63, 3.8) is 0 Å². The van der Waals surface area contributed by atoms with Gasteiger partial charge < -0.3 is 28.4 Å². The highest BCUT2D eigenvalue weighted by atomic mass is 16.6. The number of nitro groups is 1. The number of benzene rings is 1. The van der Waals surface area contributed by atoms with Crippen molar-refractivity contribution in [2.24, 2.45) is 0 Å². The lowest BCUT2D eigenvalue weighted by Gasteiger charge is -2.06. The number of nitro benzene ring substituents is 1. The Labute approximate surface area is 216 Å². The number of hydrogen-bond acceptors (Lipinski definition) is 11. The summed E-state index contributed by atoms with van der Waals surface area (Å²) in [4.78, 5) is 43.5. The second kappa shape index (κ2) is 20.6. The highest BCUT2D eigenvalue weighted by molar-refractivity contribution is 5.89. The Balaban J connectivity index is 0.000000712. The monoisotopic (exact) mass is 525 g/mol. The summed E-state index contributed by atoms with van der Waals surface area (Å²) in [6, 6.07) is 5.00. The van der Waals surface area contributed by atoms with Crippen molar-refractivity contribution in [3.05, 3.63) is 64.2 Å². The van der Waals surface area contributed by atoms with Gasteiger partial charge >= 0.3 is 17.9 Å². The van der Waals surface area contributed by atoms with E-state index < -0.39 is 16.9 Å². The maximum Gasteiger partial charge on any atom is 0.338 e. The maximum atomic E-state index is 11.6. The molecule has 0 heterocycles. The van der Waals surface area contributed by atoms with Crippen molar-refractivity contribution >= 4 is 23.6 Å². The molecule has 0 radical (unpaired) electrons. The van der Waals surface area contributed by atoms with Crippen molar-refractivity contribution in [3.8, 4) is 0 Å². The first-order chi connectivity index (χ1) is 17.6. The normalized spacial score (nSPS) is 9.92. The van der Waals surface area contributed by atoms with Crippen LogP contribution in [0, 0.1) is 10.1 Å². The molecule has 0 spiro atoms. The van der Waals surface area contributed by atoms with Gasteiger partial charge in [0.05, 0.1) is 43.5 Å². The number of carbonyl (C=O) groups excluding carboxylic acids is 3. The predicted octanol–water partition coefficient (Wildman–Crippen LogP) is 3.05. The number of carbonyl (C=O) groups is 3. The first kappa shape index (κ1) is 33.4. The van der Waals surface area contributed by atoms with Gasteiger partial charge in [-0.25, -0.2) is 14.4 Å². The first-order valence-corrected chi connectivity index (χ1v) is 11.3. The summed E-state index contributed by atoms with van der Waals surface area (Å²) in [6.07, 6.45) is 0.678. The zero-order valence-corrected chi connectivity index (χ0v) is 21.5. The fourth-order valence-electron chi connectivity index (χ4n) is 2.11. The van der Waals surface area contributed by atoms with Crippen LogP contribution < -0.4 is 0 Å². The number of hydrogen-bond donors (Lipinski definition) is 0. The Morgan fingerprint density at radius 3 is 1.76 bits per heavy atom. The lowest BCUT2D eigenvalue weighted by molar-refractivity contribution is -0.384. The van der Waals surface area contributed by atoms with Crippen LogP contribution in [0.3, 0.4) is 0 Å². The number of ether oxygens (including phenoxy) is 6. The zero-order valence-electron chi connectivity index (χ0n) is 21.5. The van der Waals surface area contributed by atoms with E-state index in [2.05, 4.69) is 13.2 Å². The third kappa shape index (κ3) is 17.5. The molecule has 37 heavy (non-hydrogen) atoms. The van der Waals surface area contributed by atoms with Crippen LogP contribution >= 0.6 is 0 Å². The summed E-state index contributed by atoms with van der Waals surface area (Å²) in [5.41, 5.74) is 0.739. The van der Waals surface area contributed by atoms with Crippen LogP contribution in [-0.4, -0.2) is 82.8 Å². The Kier molecular flexibility index (Phi) is 18.6. The number of rotatable bonds is 17. The lowest BCUT2D eigenvalue weighted by atomic mass is 10.2. The Hall–Kier alpha value is -3.61. The molecule has 0 aliphatic carbocycles. The Bertz CT molecular complexity index is 881. The van der Waals surface area contributed by atoms with Crippen molar-refractivity contribution in [2.45, 2.75) is 20.3 Å².